The van der Waals surface area contributed by atoms with E-state index in [0.29, 0.717) is 25.0 Å². The van der Waals surface area contributed by atoms with Crippen LogP contribution in [0.2, 0.25) is 0 Å². The zero-order valence-corrected chi connectivity index (χ0v) is 16.3. The van der Waals surface area contributed by atoms with Gasteiger partial charge in [0.05, 0.1) is 12.0 Å². The number of carbonyl (C=O) groups is 1. The van der Waals surface area contributed by atoms with Crippen molar-refractivity contribution in [1.82, 2.24) is 0 Å². The monoisotopic (exact) mass is 409 g/mol. The minimum Gasteiger partial charge on any atom is -0.490 e. The lowest BCUT2D eigenvalue weighted by molar-refractivity contribution is -0.185. The summed E-state index contributed by atoms with van der Waals surface area (Å²) in [5, 5.41) is 10.8. The van der Waals surface area contributed by atoms with Crippen LogP contribution in [-0.2, 0) is 10.3 Å². The Labute approximate surface area is 167 Å². The van der Waals surface area contributed by atoms with E-state index >= 15 is 0 Å². The number of hydrogen-bond donors (Lipinski definition) is 2. The number of rotatable bonds is 6. The lowest BCUT2D eigenvalue weighted by Crippen LogP contribution is -2.33. The number of hydrogen-bond acceptors (Lipinski definition) is 3. The molecule has 0 bridgehead atoms. The Kier molecular flexibility index (Phi) is 6.08. The molecule has 0 saturated heterocycles. The van der Waals surface area contributed by atoms with Gasteiger partial charge in [0, 0.05) is 12.0 Å². The van der Waals surface area contributed by atoms with Crippen LogP contribution in [0.25, 0.3) is 10.8 Å². The third kappa shape index (κ3) is 5.41. The first-order chi connectivity index (χ1) is 13.5. The molecule has 2 aromatic rings. The maximum absolute atomic E-state index is 12.8. The molecule has 1 saturated carbocycles. The predicted molar refractivity (Wildman–Crippen MR) is 105 cm³/mol. The summed E-state index contributed by atoms with van der Waals surface area (Å²) in [5.41, 5.74) is 6.41. The van der Waals surface area contributed by atoms with E-state index in [1.807, 2.05) is 43.3 Å². The van der Waals surface area contributed by atoms with Gasteiger partial charge in [-0.3, -0.25) is 4.79 Å². The topological polar surface area (TPSA) is 72.6 Å². The molecule has 3 N–H and O–H groups in total. The third-order valence-corrected chi connectivity index (χ3v) is 5.77. The van der Waals surface area contributed by atoms with Gasteiger partial charge in [0.1, 0.15) is 5.75 Å². The summed E-state index contributed by atoms with van der Waals surface area (Å²) in [6, 6.07) is 11.3. The Morgan fingerprint density at radius 1 is 1.10 bits per heavy atom. The van der Waals surface area contributed by atoms with Gasteiger partial charge in [-0.1, -0.05) is 18.2 Å². The highest BCUT2D eigenvalue weighted by molar-refractivity contribution is 5.84. The van der Waals surface area contributed by atoms with Crippen LogP contribution in [-0.4, -0.2) is 23.4 Å². The van der Waals surface area contributed by atoms with E-state index in [9.17, 15) is 18.0 Å². The first-order valence-corrected chi connectivity index (χ1v) is 9.83. The normalized spacial score (nSPS) is 22.2. The molecule has 1 atom stereocenters. The van der Waals surface area contributed by atoms with Crippen molar-refractivity contribution < 1.29 is 27.8 Å². The molecule has 3 rings (SSSR count). The van der Waals surface area contributed by atoms with Crippen molar-refractivity contribution in [2.75, 3.05) is 0 Å². The molecule has 1 aliphatic carbocycles. The van der Waals surface area contributed by atoms with Crippen LogP contribution < -0.4 is 10.5 Å². The molecule has 29 heavy (non-hydrogen) atoms. The van der Waals surface area contributed by atoms with Crippen LogP contribution in [0, 0.1) is 5.92 Å². The highest BCUT2D eigenvalue weighted by Gasteiger charge is 2.41. The lowest BCUT2D eigenvalue weighted by Gasteiger charge is -2.30. The molecule has 1 unspecified atom stereocenters. The molecular weight excluding hydrogens is 383 g/mol. The van der Waals surface area contributed by atoms with E-state index in [1.54, 1.807) is 0 Å². The third-order valence-electron chi connectivity index (χ3n) is 5.77. The summed E-state index contributed by atoms with van der Waals surface area (Å²) in [5.74, 6) is -1.46. The summed E-state index contributed by atoms with van der Waals surface area (Å²) in [4.78, 5) is 10.8. The number of benzene rings is 2. The molecule has 0 aliphatic heterocycles. The van der Waals surface area contributed by atoms with Gasteiger partial charge in [0.25, 0.3) is 0 Å². The molecule has 158 valence electrons. The lowest BCUT2D eigenvalue weighted by atomic mass is 9.87. The fraction of sp³-hybridized carbons (Fsp3) is 0.500. The Balaban J connectivity index is 1.67. The highest BCUT2D eigenvalue weighted by atomic mass is 19.4. The van der Waals surface area contributed by atoms with Crippen LogP contribution in [0.1, 0.15) is 51.0 Å². The number of fused-ring (bicyclic) bond motifs is 1. The van der Waals surface area contributed by atoms with Crippen LogP contribution in [0.5, 0.6) is 5.75 Å². The second kappa shape index (κ2) is 8.22. The smallest absolute Gasteiger partial charge is 0.391 e. The quantitative estimate of drug-likeness (QED) is 0.672. The first-order valence-electron chi connectivity index (χ1n) is 9.83. The second-order valence-corrected chi connectivity index (χ2v) is 8.17. The zero-order valence-electron chi connectivity index (χ0n) is 16.3. The molecule has 4 nitrogen and oxygen atoms in total. The minimum absolute atomic E-state index is 0.00556. The van der Waals surface area contributed by atoms with Gasteiger partial charge in [0.2, 0.25) is 0 Å². The second-order valence-electron chi connectivity index (χ2n) is 8.17. The molecule has 0 amide bonds. The Morgan fingerprint density at radius 3 is 2.34 bits per heavy atom. The fourth-order valence-corrected chi connectivity index (χ4v) is 3.86. The van der Waals surface area contributed by atoms with E-state index in [1.165, 1.54) is 0 Å². The number of aliphatic carboxylic acids is 1. The van der Waals surface area contributed by atoms with Gasteiger partial charge < -0.3 is 15.6 Å². The molecule has 2 aromatic carbocycles. The van der Waals surface area contributed by atoms with Crippen LogP contribution in [0.3, 0.4) is 0 Å². The minimum atomic E-state index is -4.12. The van der Waals surface area contributed by atoms with E-state index in [-0.39, 0.29) is 25.4 Å². The van der Waals surface area contributed by atoms with E-state index in [0.717, 1.165) is 16.3 Å². The SMILES string of the molecule is CC(N)(CCC(=O)O)c1ccc2cc(O[C@H]3CC[C@H](C(F)(F)F)CC3)ccc2c1. The first kappa shape index (κ1) is 21.4. The summed E-state index contributed by atoms with van der Waals surface area (Å²) >= 11 is 0. The van der Waals surface area contributed by atoms with Crippen molar-refractivity contribution in [3.63, 3.8) is 0 Å². The highest BCUT2D eigenvalue weighted by Crippen LogP contribution is 2.38. The number of nitrogens with two attached hydrogens (primary N) is 1. The number of carboxylic acids is 1. The molecule has 1 fully saturated rings. The number of halogens is 3. The maximum atomic E-state index is 12.8. The zero-order chi connectivity index (χ0) is 21.2. The van der Waals surface area contributed by atoms with Crippen LogP contribution in [0.4, 0.5) is 13.2 Å². The van der Waals surface area contributed by atoms with E-state index in [2.05, 4.69) is 0 Å². The fourth-order valence-electron chi connectivity index (χ4n) is 3.86. The Bertz CT molecular complexity index is 871. The van der Waals surface area contributed by atoms with Crippen molar-refractivity contribution >= 4 is 16.7 Å². The standard InChI is InChI=1S/C22H26F3NO3/c1-21(26,11-10-20(27)28)17-4-2-15-13-19(7-3-14(15)12-17)29-18-8-5-16(6-9-18)22(23,24)25/h2-4,7,12-13,16,18H,5-6,8-11,26H2,1H3,(H,27,28)/t16-,18-,21?. The molecule has 0 heterocycles. The number of carboxylic acid groups (broad SMARTS) is 1. The molecule has 0 aromatic heterocycles. The molecular formula is C22H26F3NO3. The molecule has 0 spiro atoms. The summed E-state index contributed by atoms with van der Waals surface area (Å²) in [6.45, 7) is 1.81. The average molecular weight is 409 g/mol. The average Bonchev–Trinajstić information content (AvgIpc) is 2.66. The number of alkyl halides is 3. The predicted octanol–water partition coefficient (Wildman–Crippen LogP) is 5.38. The largest absolute Gasteiger partial charge is 0.490 e. The van der Waals surface area contributed by atoms with Gasteiger partial charge in [-0.15, -0.1) is 0 Å². The van der Waals surface area contributed by atoms with Crippen molar-refractivity contribution in [1.29, 1.82) is 0 Å². The maximum Gasteiger partial charge on any atom is 0.391 e. The Hall–Kier alpha value is -2.28. The van der Waals surface area contributed by atoms with Crippen molar-refractivity contribution in [3.8, 4) is 5.75 Å². The molecule has 0 radical (unpaired) electrons. The number of ether oxygens (including phenoxy) is 1. The molecule has 7 heteroatoms. The van der Waals surface area contributed by atoms with Crippen LogP contribution in [0.15, 0.2) is 36.4 Å². The van der Waals surface area contributed by atoms with Gasteiger partial charge in [-0.25, -0.2) is 0 Å². The summed E-state index contributed by atoms with van der Waals surface area (Å²) < 4.78 is 44.3. The van der Waals surface area contributed by atoms with Crippen molar-refractivity contribution in [2.24, 2.45) is 11.7 Å². The van der Waals surface area contributed by atoms with E-state index in [4.69, 9.17) is 15.6 Å². The van der Waals surface area contributed by atoms with Crippen molar-refractivity contribution in [2.45, 2.75) is 63.3 Å². The van der Waals surface area contributed by atoms with Gasteiger partial charge in [-0.05, 0) is 73.6 Å². The van der Waals surface area contributed by atoms with Gasteiger partial charge >= 0.3 is 12.1 Å². The van der Waals surface area contributed by atoms with Gasteiger partial charge in [-0.2, -0.15) is 13.2 Å². The van der Waals surface area contributed by atoms with Crippen molar-refractivity contribution in [3.05, 3.63) is 42.0 Å². The Morgan fingerprint density at radius 2 is 1.72 bits per heavy atom. The summed E-state index contributed by atoms with van der Waals surface area (Å²) in [6.07, 6.45) is -2.98. The van der Waals surface area contributed by atoms with E-state index < -0.39 is 23.6 Å². The molecule has 1 aliphatic rings. The summed E-state index contributed by atoms with van der Waals surface area (Å²) in [7, 11) is 0. The van der Waals surface area contributed by atoms with Gasteiger partial charge in [0.15, 0.2) is 0 Å². The van der Waals surface area contributed by atoms with Crippen LogP contribution >= 0.6 is 0 Å².